The molecule has 0 saturated heterocycles. The number of benzene rings is 4. The van der Waals surface area contributed by atoms with Gasteiger partial charge in [0.2, 0.25) is 0 Å². The summed E-state index contributed by atoms with van der Waals surface area (Å²) in [6.07, 6.45) is 17.7. The van der Waals surface area contributed by atoms with Crippen molar-refractivity contribution in [2.75, 3.05) is 24.7 Å². The maximum Gasteiger partial charge on any atom is 0.314 e. The molecule has 2 aliphatic carbocycles. The summed E-state index contributed by atoms with van der Waals surface area (Å²) in [6, 6.07) is 27.0. The second-order valence-corrected chi connectivity index (χ2v) is 19.6. The van der Waals surface area contributed by atoms with Gasteiger partial charge in [0.25, 0.3) is 0 Å². The normalized spacial score (nSPS) is 19.0. The van der Waals surface area contributed by atoms with E-state index in [9.17, 15) is 29.4 Å². The molecule has 73 heavy (non-hydrogen) atoms. The molecule has 2 atom stereocenters. The zero-order valence-corrected chi connectivity index (χ0v) is 42.1. The summed E-state index contributed by atoms with van der Waals surface area (Å²) in [5.41, 5.74) is 13.7. The Labute approximate surface area is 431 Å². The van der Waals surface area contributed by atoms with Crippen LogP contribution in [0.15, 0.2) is 135 Å². The van der Waals surface area contributed by atoms with Crippen molar-refractivity contribution in [3.8, 4) is 11.5 Å². The molecule has 0 spiro atoms. The zero-order valence-electron chi connectivity index (χ0n) is 42.1. The van der Waals surface area contributed by atoms with Gasteiger partial charge in [0.05, 0.1) is 24.0 Å². The fourth-order valence-electron chi connectivity index (χ4n) is 9.64. The fraction of sp³-hybridized carbons (Fsp3) is 0.410. The van der Waals surface area contributed by atoms with Crippen molar-refractivity contribution in [2.24, 2.45) is 17.3 Å². The van der Waals surface area contributed by atoms with Gasteiger partial charge >= 0.3 is 11.9 Å². The van der Waals surface area contributed by atoms with Gasteiger partial charge in [-0.15, -0.1) is 13.2 Å². The number of carbonyl (C=O) groups is 4. The van der Waals surface area contributed by atoms with E-state index in [0.717, 1.165) is 64.2 Å². The summed E-state index contributed by atoms with van der Waals surface area (Å²) in [5.74, 6) is -1.75. The van der Waals surface area contributed by atoms with Gasteiger partial charge in [-0.05, 0) is 186 Å². The van der Waals surface area contributed by atoms with Crippen LogP contribution in [0.2, 0.25) is 0 Å². The number of allylic oxidation sites excluding steroid dienone is 2. The number of ketones is 2. The Morgan fingerprint density at radius 3 is 1.23 bits per heavy atom. The van der Waals surface area contributed by atoms with Crippen LogP contribution in [0.3, 0.4) is 0 Å². The van der Waals surface area contributed by atoms with Crippen LogP contribution >= 0.6 is 0 Å². The Balaban J connectivity index is 1.11. The Kier molecular flexibility index (Phi) is 22.0. The van der Waals surface area contributed by atoms with Gasteiger partial charge in [0.1, 0.15) is 23.7 Å². The van der Waals surface area contributed by atoms with Gasteiger partial charge in [-0.3, -0.25) is 19.2 Å². The number of esters is 2. The zero-order chi connectivity index (χ0) is 52.0. The highest BCUT2D eigenvalue weighted by Crippen LogP contribution is 2.38. The smallest absolute Gasteiger partial charge is 0.314 e. The van der Waals surface area contributed by atoms with E-state index in [-0.39, 0.29) is 48.8 Å². The minimum Gasteiger partial charge on any atom is -0.426 e. The minimum atomic E-state index is -1.88. The van der Waals surface area contributed by atoms with Crippen molar-refractivity contribution < 1.29 is 48.3 Å². The summed E-state index contributed by atoms with van der Waals surface area (Å²) in [7, 11) is 0. The van der Waals surface area contributed by atoms with Crippen molar-refractivity contribution in [3.05, 3.63) is 157 Å². The second-order valence-electron chi connectivity index (χ2n) is 19.6. The molecule has 388 valence electrons. The second kappa shape index (κ2) is 28.7. The largest absolute Gasteiger partial charge is 0.426 e. The summed E-state index contributed by atoms with van der Waals surface area (Å²) in [6.45, 7) is 8.94. The quantitative estimate of drug-likeness (QED) is 0.0105. The molecule has 0 bridgehead atoms. The SMILES string of the molecule is C=CCCCCOC1CCC(C(=O)Oc2ccc(/C=C/C(=O)C(O)C(Cc3ccc(N)cc3)(Cc3ccc(N)cc3)C(O)C(=O)/C=C/c3ccc(OC(=O)C4CCC(OCCCCC=C)CC4)cc3)cc2)CC1. The molecule has 4 aromatic carbocycles. The maximum absolute atomic E-state index is 14.2. The van der Waals surface area contributed by atoms with Gasteiger partial charge in [-0.1, -0.05) is 72.8 Å². The first-order valence-corrected chi connectivity index (χ1v) is 25.9. The van der Waals surface area contributed by atoms with Crippen molar-refractivity contribution >= 4 is 47.0 Å². The fourth-order valence-corrected chi connectivity index (χ4v) is 9.64. The Morgan fingerprint density at radius 2 is 0.890 bits per heavy atom. The van der Waals surface area contributed by atoms with Crippen molar-refractivity contribution in [2.45, 2.75) is 127 Å². The number of unbranched alkanes of at least 4 members (excludes halogenated alkanes) is 4. The number of rotatable bonds is 28. The number of hydrogen-bond acceptors (Lipinski definition) is 12. The third-order valence-electron chi connectivity index (χ3n) is 14.1. The first-order valence-electron chi connectivity index (χ1n) is 25.9. The average molecular weight is 995 g/mol. The molecule has 12 heteroatoms. The molecule has 0 radical (unpaired) electrons. The Bertz CT molecular complexity index is 2270. The van der Waals surface area contributed by atoms with Crippen LogP contribution in [0.5, 0.6) is 11.5 Å². The Hall–Kier alpha value is -6.44. The molecule has 0 aliphatic heterocycles. The molecule has 2 unspecified atom stereocenters. The van der Waals surface area contributed by atoms with Crippen LogP contribution in [-0.4, -0.2) is 71.3 Å². The number of nitrogens with two attached hydrogens (primary N) is 2. The molecular weight excluding hydrogens is 921 g/mol. The summed E-state index contributed by atoms with van der Waals surface area (Å²) >= 11 is 0. The van der Waals surface area contributed by atoms with Gasteiger partial charge in [0.15, 0.2) is 11.6 Å². The van der Waals surface area contributed by atoms with E-state index in [2.05, 4.69) is 13.2 Å². The lowest BCUT2D eigenvalue weighted by Crippen LogP contribution is -2.54. The van der Waals surface area contributed by atoms with Crippen LogP contribution in [0, 0.1) is 17.3 Å². The number of carbonyl (C=O) groups excluding carboxylic acids is 4. The van der Waals surface area contributed by atoms with Crippen molar-refractivity contribution in [1.82, 2.24) is 0 Å². The predicted molar refractivity (Wildman–Crippen MR) is 287 cm³/mol. The van der Waals surface area contributed by atoms with Crippen molar-refractivity contribution in [1.29, 1.82) is 0 Å². The molecule has 0 aromatic heterocycles. The van der Waals surface area contributed by atoms with E-state index >= 15 is 0 Å². The van der Waals surface area contributed by atoms with Crippen LogP contribution in [0.25, 0.3) is 12.2 Å². The highest BCUT2D eigenvalue weighted by molar-refractivity contribution is 6.01. The lowest BCUT2D eigenvalue weighted by Gasteiger charge is -2.40. The van der Waals surface area contributed by atoms with Crippen LogP contribution in [0.4, 0.5) is 11.4 Å². The van der Waals surface area contributed by atoms with Gasteiger partial charge in [0, 0.05) is 30.0 Å². The molecule has 6 N–H and O–H groups in total. The average Bonchev–Trinajstić information content (AvgIpc) is 3.41. The number of anilines is 2. The van der Waals surface area contributed by atoms with E-state index in [4.69, 9.17) is 30.4 Å². The van der Waals surface area contributed by atoms with E-state index < -0.39 is 29.2 Å². The van der Waals surface area contributed by atoms with Crippen LogP contribution in [-0.2, 0) is 41.5 Å². The lowest BCUT2D eigenvalue weighted by atomic mass is 9.66. The lowest BCUT2D eigenvalue weighted by molar-refractivity contribution is -0.146. The van der Waals surface area contributed by atoms with E-state index in [1.54, 1.807) is 97.1 Å². The maximum atomic E-state index is 14.2. The third kappa shape index (κ3) is 17.3. The third-order valence-corrected chi connectivity index (χ3v) is 14.1. The van der Waals surface area contributed by atoms with Crippen LogP contribution in [0.1, 0.15) is 112 Å². The number of nitrogen functional groups attached to an aromatic ring is 2. The van der Waals surface area contributed by atoms with Crippen LogP contribution < -0.4 is 20.9 Å². The topological polar surface area (TPSA) is 198 Å². The molecule has 0 heterocycles. The number of aliphatic hydroxyl groups is 2. The predicted octanol–water partition coefficient (Wildman–Crippen LogP) is 10.6. The molecule has 12 nitrogen and oxygen atoms in total. The molecular formula is C61H74N2O10. The summed E-state index contributed by atoms with van der Waals surface area (Å²) in [5, 5.41) is 24.5. The van der Waals surface area contributed by atoms with E-state index in [1.165, 1.54) is 24.3 Å². The molecule has 2 aliphatic rings. The molecule has 4 aromatic rings. The monoisotopic (exact) mass is 995 g/mol. The van der Waals surface area contributed by atoms with E-state index in [1.807, 2.05) is 12.2 Å². The van der Waals surface area contributed by atoms with Gasteiger partial charge in [-0.25, -0.2) is 0 Å². The molecule has 2 saturated carbocycles. The number of ether oxygens (including phenoxy) is 4. The van der Waals surface area contributed by atoms with Gasteiger partial charge < -0.3 is 40.6 Å². The summed E-state index contributed by atoms with van der Waals surface area (Å²) in [4.78, 5) is 54.6. The van der Waals surface area contributed by atoms with Gasteiger partial charge in [-0.2, -0.15) is 0 Å². The molecule has 2 fully saturated rings. The first kappa shape index (κ1) is 55.9. The van der Waals surface area contributed by atoms with E-state index in [0.29, 0.717) is 84.0 Å². The highest BCUT2D eigenvalue weighted by Gasteiger charge is 2.49. The summed E-state index contributed by atoms with van der Waals surface area (Å²) < 4.78 is 23.5. The molecule has 6 rings (SSSR count). The highest BCUT2D eigenvalue weighted by atomic mass is 16.5. The number of hydrogen-bond donors (Lipinski definition) is 4. The first-order chi connectivity index (χ1) is 35.3. The standard InChI is InChI=1S/C61H74N2O10/c1-3-5-7-9-39-70-51-33-21-47(22-34-51)59(68)72-53-29-15-43(16-30-53)19-37-55(64)57(66)61(41-45-11-25-49(62)26-12-45,42-46-13-27-50(63)28-14-46)58(67)56(65)38-20-44-17-31-54(32-18-44)73-60(69)48-23-35-52(36-24-48)71-40-10-8-6-4-2/h3-4,11-20,25-32,37-38,47-48,51-52,57-58,66-67H,1-2,5-10,21-24,33-36,39-42,62-63H2/b37-19+,38-20+. The molecule has 0 amide bonds. The Morgan fingerprint density at radius 1 is 0.534 bits per heavy atom. The number of aliphatic hydroxyl groups excluding tert-OH is 2. The minimum absolute atomic E-state index is 0.0885. The van der Waals surface area contributed by atoms with Crippen molar-refractivity contribution in [3.63, 3.8) is 0 Å².